The van der Waals surface area contributed by atoms with E-state index < -0.39 is 45.3 Å². The number of anilines is 1. The lowest BCUT2D eigenvalue weighted by molar-refractivity contribution is -0.139. The van der Waals surface area contributed by atoms with Crippen LogP contribution in [0.1, 0.15) is 44.7 Å². The summed E-state index contributed by atoms with van der Waals surface area (Å²) in [5.41, 5.74) is -0.689. The van der Waals surface area contributed by atoms with Gasteiger partial charge in [0.2, 0.25) is 21.8 Å². The minimum atomic E-state index is -4.83. The topological polar surface area (TPSA) is 86.8 Å². The number of alkyl halides is 3. The zero-order valence-corrected chi connectivity index (χ0v) is 23.3. The van der Waals surface area contributed by atoms with Gasteiger partial charge in [-0.3, -0.25) is 13.9 Å². The Morgan fingerprint density at radius 3 is 2.21 bits per heavy atom. The van der Waals surface area contributed by atoms with Crippen LogP contribution >= 0.6 is 11.6 Å². The van der Waals surface area contributed by atoms with Crippen molar-refractivity contribution in [3.8, 4) is 0 Å². The summed E-state index contributed by atoms with van der Waals surface area (Å²) < 4.78 is 66.2. The van der Waals surface area contributed by atoms with Crippen molar-refractivity contribution in [1.82, 2.24) is 10.2 Å². The number of nitrogens with one attached hydrogen (secondary N) is 1. The van der Waals surface area contributed by atoms with Crippen molar-refractivity contribution < 1.29 is 31.2 Å². The van der Waals surface area contributed by atoms with Crippen molar-refractivity contribution in [2.75, 3.05) is 23.7 Å². The Morgan fingerprint density at radius 1 is 1.05 bits per heavy atom. The molecule has 2 amide bonds. The van der Waals surface area contributed by atoms with Crippen molar-refractivity contribution in [1.29, 1.82) is 0 Å². The van der Waals surface area contributed by atoms with E-state index in [-0.39, 0.29) is 30.6 Å². The molecule has 210 valence electrons. The first-order valence-corrected chi connectivity index (χ1v) is 14.4. The summed E-state index contributed by atoms with van der Waals surface area (Å²) in [6.45, 7) is 4.76. The highest BCUT2D eigenvalue weighted by Crippen LogP contribution is 2.37. The molecule has 0 aliphatic carbocycles. The number of nitrogens with zero attached hydrogens (tertiary/aromatic N) is 2. The van der Waals surface area contributed by atoms with Crippen molar-refractivity contribution in [2.24, 2.45) is 0 Å². The lowest BCUT2D eigenvalue weighted by Crippen LogP contribution is -2.54. The molecule has 0 fully saturated rings. The molecule has 38 heavy (non-hydrogen) atoms. The predicted molar refractivity (Wildman–Crippen MR) is 142 cm³/mol. The quantitative estimate of drug-likeness (QED) is 0.390. The van der Waals surface area contributed by atoms with Crippen LogP contribution in [0.3, 0.4) is 0 Å². The second-order valence-corrected chi connectivity index (χ2v) is 11.3. The Kier molecular flexibility index (Phi) is 11.0. The highest BCUT2D eigenvalue weighted by Gasteiger charge is 2.36. The SMILES string of the molecule is CCC(C)NC(=O)C(CC)N(CCc1ccccc1)C(=O)CN(c1ccc(Cl)c(C(F)(F)F)c1)S(C)(=O)=O. The summed E-state index contributed by atoms with van der Waals surface area (Å²) in [4.78, 5) is 28.0. The van der Waals surface area contributed by atoms with Gasteiger partial charge in [0.1, 0.15) is 12.6 Å². The van der Waals surface area contributed by atoms with Gasteiger partial charge < -0.3 is 10.2 Å². The first kappa shape index (κ1) is 31.4. The number of hydrogen-bond acceptors (Lipinski definition) is 4. The molecule has 0 aromatic heterocycles. The van der Waals surface area contributed by atoms with Crippen LogP contribution < -0.4 is 9.62 Å². The van der Waals surface area contributed by atoms with Gasteiger partial charge in [-0.2, -0.15) is 13.2 Å². The van der Waals surface area contributed by atoms with Gasteiger partial charge in [0.05, 0.1) is 22.5 Å². The van der Waals surface area contributed by atoms with Crippen LogP contribution in [-0.2, 0) is 32.2 Å². The first-order chi connectivity index (χ1) is 17.7. The van der Waals surface area contributed by atoms with Crippen molar-refractivity contribution >= 4 is 39.1 Å². The molecule has 2 rings (SSSR count). The highest BCUT2D eigenvalue weighted by atomic mass is 35.5. The molecule has 0 saturated carbocycles. The normalized spacial score (nSPS) is 13.5. The summed E-state index contributed by atoms with van der Waals surface area (Å²) in [7, 11) is -4.19. The van der Waals surface area contributed by atoms with Crippen LogP contribution in [0.5, 0.6) is 0 Å². The summed E-state index contributed by atoms with van der Waals surface area (Å²) >= 11 is 5.70. The monoisotopic (exact) mass is 575 g/mol. The van der Waals surface area contributed by atoms with Crippen LogP contribution in [0.4, 0.5) is 18.9 Å². The molecule has 2 unspecified atom stereocenters. The third-order valence-electron chi connectivity index (χ3n) is 6.09. The summed E-state index contributed by atoms with van der Waals surface area (Å²) in [5.74, 6) is -1.11. The standard InChI is InChI=1S/C26H33ClF3N3O4S/c1-5-18(3)31-25(35)23(6-2)32(15-14-19-10-8-7-9-11-19)24(34)17-33(38(4,36)37)20-12-13-22(27)21(16-20)26(28,29)30/h7-13,16,18,23H,5-6,14-15,17H2,1-4H3,(H,31,35). The largest absolute Gasteiger partial charge is 0.417 e. The Bertz CT molecular complexity index is 1210. The van der Waals surface area contributed by atoms with E-state index in [0.717, 1.165) is 24.0 Å². The van der Waals surface area contributed by atoms with E-state index in [0.29, 0.717) is 23.2 Å². The second-order valence-electron chi connectivity index (χ2n) is 9.00. The minimum Gasteiger partial charge on any atom is -0.352 e. The van der Waals surface area contributed by atoms with Gasteiger partial charge in [0.25, 0.3) is 0 Å². The highest BCUT2D eigenvalue weighted by molar-refractivity contribution is 7.92. The van der Waals surface area contributed by atoms with E-state index >= 15 is 0 Å². The van der Waals surface area contributed by atoms with Gasteiger partial charge >= 0.3 is 6.18 Å². The Labute approximate surface area is 227 Å². The molecule has 12 heteroatoms. The number of rotatable bonds is 12. The van der Waals surface area contributed by atoms with Crippen LogP contribution in [0, 0.1) is 0 Å². The Morgan fingerprint density at radius 2 is 1.68 bits per heavy atom. The molecule has 2 aromatic rings. The Balaban J connectivity index is 2.45. The van der Waals surface area contributed by atoms with E-state index in [9.17, 15) is 31.2 Å². The number of benzene rings is 2. The third-order valence-corrected chi connectivity index (χ3v) is 7.56. The van der Waals surface area contributed by atoms with E-state index in [1.54, 1.807) is 6.92 Å². The summed E-state index contributed by atoms with van der Waals surface area (Å²) in [6, 6.07) is 10.8. The third kappa shape index (κ3) is 8.62. The Hall–Kier alpha value is -2.79. The molecule has 0 saturated heterocycles. The van der Waals surface area contributed by atoms with E-state index in [1.165, 1.54) is 4.90 Å². The molecule has 0 radical (unpaired) electrons. The molecule has 2 atom stereocenters. The van der Waals surface area contributed by atoms with E-state index in [1.807, 2.05) is 44.2 Å². The fraction of sp³-hybridized carbons (Fsp3) is 0.462. The molecular weight excluding hydrogens is 543 g/mol. The van der Waals surface area contributed by atoms with Crippen LogP contribution in [0.25, 0.3) is 0 Å². The zero-order chi connectivity index (χ0) is 28.7. The number of halogens is 4. The van der Waals surface area contributed by atoms with Crippen LogP contribution in [0.2, 0.25) is 5.02 Å². The molecule has 0 heterocycles. The van der Waals surface area contributed by atoms with Crippen molar-refractivity contribution in [3.63, 3.8) is 0 Å². The maximum atomic E-state index is 13.6. The summed E-state index contributed by atoms with van der Waals surface area (Å²) in [5, 5.41) is 2.26. The molecular formula is C26H33ClF3N3O4S. The van der Waals surface area contributed by atoms with Gasteiger partial charge in [-0.05, 0) is 49.9 Å². The maximum Gasteiger partial charge on any atom is 0.417 e. The maximum absolute atomic E-state index is 13.6. The molecule has 1 N–H and O–H groups in total. The van der Waals surface area contributed by atoms with E-state index in [2.05, 4.69) is 5.32 Å². The average molecular weight is 576 g/mol. The smallest absolute Gasteiger partial charge is 0.352 e. The lowest BCUT2D eigenvalue weighted by Gasteiger charge is -2.33. The molecule has 0 bridgehead atoms. The lowest BCUT2D eigenvalue weighted by atomic mass is 10.1. The average Bonchev–Trinajstić information content (AvgIpc) is 2.84. The second kappa shape index (κ2) is 13.3. The van der Waals surface area contributed by atoms with Gasteiger partial charge in [0.15, 0.2) is 0 Å². The number of carbonyl (C=O) groups excluding carboxylic acids is 2. The predicted octanol–water partition coefficient (Wildman–Crippen LogP) is 4.89. The number of hydrogen-bond donors (Lipinski definition) is 1. The minimum absolute atomic E-state index is 0.0985. The van der Waals surface area contributed by atoms with Crippen LogP contribution in [0.15, 0.2) is 48.5 Å². The number of sulfonamides is 1. The number of amides is 2. The molecule has 7 nitrogen and oxygen atoms in total. The van der Waals surface area contributed by atoms with Gasteiger partial charge in [0, 0.05) is 12.6 Å². The molecule has 0 aliphatic rings. The van der Waals surface area contributed by atoms with Crippen molar-refractivity contribution in [2.45, 2.75) is 58.3 Å². The molecule has 0 spiro atoms. The van der Waals surface area contributed by atoms with Gasteiger partial charge in [-0.25, -0.2) is 8.42 Å². The fourth-order valence-electron chi connectivity index (χ4n) is 3.84. The van der Waals surface area contributed by atoms with Gasteiger partial charge in [-0.15, -0.1) is 0 Å². The molecule has 0 aliphatic heterocycles. The fourth-order valence-corrected chi connectivity index (χ4v) is 4.90. The number of carbonyl (C=O) groups is 2. The van der Waals surface area contributed by atoms with Crippen LogP contribution in [-0.4, -0.2) is 56.6 Å². The van der Waals surface area contributed by atoms with Gasteiger partial charge in [-0.1, -0.05) is 55.8 Å². The first-order valence-electron chi connectivity index (χ1n) is 12.2. The molecule has 2 aromatic carbocycles. The zero-order valence-electron chi connectivity index (χ0n) is 21.8. The van der Waals surface area contributed by atoms with Crippen molar-refractivity contribution in [3.05, 3.63) is 64.7 Å². The summed E-state index contributed by atoms with van der Waals surface area (Å²) in [6.07, 6.45) is -2.73. The van der Waals surface area contributed by atoms with E-state index in [4.69, 9.17) is 11.6 Å².